The van der Waals surface area contributed by atoms with Gasteiger partial charge in [0.1, 0.15) is 6.04 Å². The SMILES string of the molecule is CC(C)CC(NC(=O)O)C(=O)NCc1ccc(Cl)c(Cl)c1. The first-order valence-electron chi connectivity index (χ1n) is 6.50. The largest absolute Gasteiger partial charge is 0.465 e. The van der Waals surface area contributed by atoms with Gasteiger partial charge in [-0.2, -0.15) is 0 Å². The predicted octanol–water partition coefficient (Wildman–Crippen LogP) is 3.29. The first-order valence-corrected chi connectivity index (χ1v) is 7.26. The molecule has 1 aromatic rings. The Bertz CT molecular complexity index is 521. The Morgan fingerprint density at radius 1 is 1.24 bits per heavy atom. The van der Waals surface area contributed by atoms with Crippen molar-refractivity contribution in [2.24, 2.45) is 5.92 Å². The first-order chi connectivity index (χ1) is 9.79. The summed E-state index contributed by atoms with van der Waals surface area (Å²) in [6.07, 6.45) is -0.787. The Balaban J connectivity index is 2.63. The van der Waals surface area contributed by atoms with Crippen molar-refractivity contribution in [3.05, 3.63) is 33.8 Å². The van der Waals surface area contributed by atoms with Crippen LogP contribution in [0, 0.1) is 5.92 Å². The number of carboxylic acid groups (broad SMARTS) is 1. The molecule has 0 radical (unpaired) electrons. The van der Waals surface area contributed by atoms with E-state index in [1.54, 1.807) is 18.2 Å². The van der Waals surface area contributed by atoms with Gasteiger partial charge in [-0.15, -0.1) is 0 Å². The zero-order chi connectivity index (χ0) is 16.0. The van der Waals surface area contributed by atoms with Crippen LogP contribution >= 0.6 is 23.2 Å². The molecule has 1 atom stereocenters. The summed E-state index contributed by atoms with van der Waals surface area (Å²) < 4.78 is 0. The Hall–Kier alpha value is -1.46. The molecule has 0 aromatic heterocycles. The van der Waals surface area contributed by atoms with Gasteiger partial charge in [0.25, 0.3) is 0 Å². The molecule has 2 amide bonds. The van der Waals surface area contributed by atoms with E-state index < -0.39 is 12.1 Å². The summed E-state index contributed by atoms with van der Waals surface area (Å²) in [5.41, 5.74) is 0.788. The molecule has 7 heteroatoms. The van der Waals surface area contributed by atoms with Crippen molar-refractivity contribution in [3.8, 4) is 0 Å². The van der Waals surface area contributed by atoms with Crippen molar-refractivity contribution in [2.45, 2.75) is 32.9 Å². The number of carbonyl (C=O) groups is 2. The zero-order valence-electron chi connectivity index (χ0n) is 11.8. The van der Waals surface area contributed by atoms with Crippen LogP contribution in [0.15, 0.2) is 18.2 Å². The summed E-state index contributed by atoms with van der Waals surface area (Å²) in [6.45, 7) is 4.09. The Morgan fingerprint density at radius 3 is 2.43 bits per heavy atom. The van der Waals surface area contributed by atoms with Crippen LogP contribution < -0.4 is 10.6 Å². The summed E-state index contributed by atoms with van der Waals surface area (Å²) in [5.74, 6) is -0.172. The highest BCUT2D eigenvalue weighted by Crippen LogP contribution is 2.22. The lowest BCUT2D eigenvalue weighted by Gasteiger charge is -2.18. The van der Waals surface area contributed by atoms with Crippen LogP contribution in [0.2, 0.25) is 10.0 Å². The maximum atomic E-state index is 12.0. The van der Waals surface area contributed by atoms with E-state index in [0.29, 0.717) is 16.5 Å². The van der Waals surface area contributed by atoms with E-state index in [4.69, 9.17) is 28.3 Å². The van der Waals surface area contributed by atoms with Gasteiger partial charge in [-0.1, -0.05) is 43.1 Å². The number of carbonyl (C=O) groups excluding carboxylic acids is 1. The monoisotopic (exact) mass is 332 g/mol. The van der Waals surface area contributed by atoms with E-state index in [1.165, 1.54) is 0 Å². The normalized spacial score (nSPS) is 12.0. The van der Waals surface area contributed by atoms with Gasteiger partial charge in [0.2, 0.25) is 5.91 Å². The van der Waals surface area contributed by atoms with Crippen molar-refractivity contribution in [1.29, 1.82) is 0 Å². The second-order valence-electron chi connectivity index (χ2n) is 5.10. The van der Waals surface area contributed by atoms with E-state index in [1.807, 2.05) is 13.8 Å². The lowest BCUT2D eigenvalue weighted by molar-refractivity contribution is -0.123. The molecule has 0 bridgehead atoms. The smallest absolute Gasteiger partial charge is 0.405 e. The summed E-state index contributed by atoms with van der Waals surface area (Å²) in [6, 6.07) is 4.28. The summed E-state index contributed by atoms with van der Waals surface area (Å²) in [4.78, 5) is 22.8. The van der Waals surface area contributed by atoms with Gasteiger partial charge in [-0.25, -0.2) is 4.79 Å². The molecule has 0 spiro atoms. The highest BCUT2D eigenvalue weighted by Gasteiger charge is 2.21. The number of nitrogens with one attached hydrogen (secondary N) is 2. The van der Waals surface area contributed by atoms with E-state index in [0.717, 1.165) is 5.56 Å². The van der Waals surface area contributed by atoms with Gasteiger partial charge in [0.05, 0.1) is 10.0 Å². The molecule has 1 unspecified atom stereocenters. The van der Waals surface area contributed by atoms with Crippen molar-refractivity contribution < 1.29 is 14.7 Å². The molecule has 1 rings (SSSR count). The molecule has 0 fully saturated rings. The number of hydrogen-bond donors (Lipinski definition) is 3. The van der Waals surface area contributed by atoms with Crippen molar-refractivity contribution >= 4 is 35.2 Å². The maximum Gasteiger partial charge on any atom is 0.405 e. The molecule has 0 aliphatic rings. The van der Waals surface area contributed by atoms with Gasteiger partial charge in [0, 0.05) is 6.54 Å². The fraction of sp³-hybridized carbons (Fsp3) is 0.429. The number of hydrogen-bond acceptors (Lipinski definition) is 2. The Labute approximate surface area is 133 Å². The van der Waals surface area contributed by atoms with E-state index in [2.05, 4.69) is 10.6 Å². The highest BCUT2D eigenvalue weighted by atomic mass is 35.5. The number of rotatable bonds is 6. The minimum atomic E-state index is -1.22. The van der Waals surface area contributed by atoms with Gasteiger partial charge in [-0.05, 0) is 30.0 Å². The highest BCUT2D eigenvalue weighted by molar-refractivity contribution is 6.42. The van der Waals surface area contributed by atoms with Crippen molar-refractivity contribution in [1.82, 2.24) is 10.6 Å². The fourth-order valence-electron chi connectivity index (χ4n) is 1.81. The minimum Gasteiger partial charge on any atom is -0.465 e. The Kier molecular flexibility index (Phi) is 6.78. The van der Waals surface area contributed by atoms with Crippen molar-refractivity contribution in [2.75, 3.05) is 0 Å². The third-order valence-electron chi connectivity index (χ3n) is 2.77. The van der Waals surface area contributed by atoms with Crippen LogP contribution in [0.1, 0.15) is 25.8 Å². The molecule has 0 saturated heterocycles. The van der Waals surface area contributed by atoms with Crippen LogP contribution in [-0.4, -0.2) is 23.1 Å². The summed E-state index contributed by atoms with van der Waals surface area (Å²) in [7, 11) is 0. The standard InChI is InChI=1S/C14H18Cl2N2O3/c1-8(2)5-12(18-14(20)21)13(19)17-7-9-3-4-10(15)11(16)6-9/h3-4,6,8,12,18H,5,7H2,1-2H3,(H,17,19)(H,20,21). The molecule has 5 nitrogen and oxygen atoms in total. The third-order valence-corrected chi connectivity index (χ3v) is 3.51. The average Bonchev–Trinajstić information content (AvgIpc) is 2.38. The van der Waals surface area contributed by atoms with Crippen LogP contribution in [0.5, 0.6) is 0 Å². The molecule has 116 valence electrons. The molecule has 1 aromatic carbocycles. The summed E-state index contributed by atoms with van der Waals surface area (Å²) >= 11 is 11.7. The molecule has 0 saturated carbocycles. The lowest BCUT2D eigenvalue weighted by atomic mass is 10.0. The van der Waals surface area contributed by atoms with Crippen LogP contribution in [0.4, 0.5) is 4.79 Å². The van der Waals surface area contributed by atoms with Crippen molar-refractivity contribution in [3.63, 3.8) is 0 Å². The maximum absolute atomic E-state index is 12.0. The van der Waals surface area contributed by atoms with Gasteiger partial charge in [0.15, 0.2) is 0 Å². The molecule has 0 heterocycles. The van der Waals surface area contributed by atoms with Crippen LogP contribution in [-0.2, 0) is 11.3 Å². The fourth-order valence-corrected chi connectivity index (χ4v) is 2.13. The first kappa shape index (κ1) is 17.6. The topological polar surface area (TPSA) is 78.4 Å². The Morgan fingerprint density at radius 2 is 1.90 bits per heavy atom. The predicted molar refractivity (Wildman–Crippen MR) is 82.7 cm³/mol. The quantitative estimate of drug-likeness (QED) is 0.747. The molecular weight excluding hydrogens is 315 g/mol. The number of amides is 2. The molecular formula is C14H18Cl2N2O3. The molecule has 0 aliphatic heterocycles. The number of benzene rings is 1. The van der Waals surface area contributed by atoms with Gasteiger partial charge >= 0.3 is 6.09 Å². The molecule has 0 aliphatic carbocycles. The summed E-state index contributed by atoms with van der Waals surface area (Å²) in [5, 5.41) is 14.5. The van der Waals surface area contributed by atoms with E-state index in [9.17, 15) is 9.59 Å². The van der Waals surface area contributed by atoms with E-state index in [-0.39, 0.29) is 18.4 Å². The molecule has 3 N–H and O–H groups in total. The average molecular weight is 333 g/mol. The second-order valence-corrected chi connectivity index (χ2v) is 5.91. The van der Waals surface area contributed by atoms with Crippen LogP contribution in [0.3, 0.4) is 0 Å². The zero-order valence-corrected chi connectivity index (χ0v) is 13.3. The van der Waals surface area contributed by atoms with Gasteiger partial charge in [-0.3, -0.25) is 4.79 Å². The lowest BCUT2D eigenvalue weighted by Crippen LogP contribution is -2.46. The van der Waals surface area contributed by atoms with Gasteiger partial charge < -0.3 is 15.7 Å². The number of halogens is 2. The molecule has 21 heavy (non-hydrogen) atoms. The van der Waals surface area contributed by atoms with Crippen LogP contribution in [0.25, 0.3) is 0 Å². The third kappa shape index (κ3) is 6.23. The second kappa shape index (κ2) is 8.10. The minimum absolute atomic E-state index is 0.192. The van der Waals surface area contributed by atoms with E-state index >= 15 is 0 Å².